The van der Waals surface area contributed by atoms with Crippen molar-refractivity contribution >= 4 is 5.91 Å². The number of rotatable bonds is 3. The van der Waals surface area contributed by atoms with E-state index in [1.165, 1.54) is 25.0 Å². The molecule has 2 atom stereocenters. The van der Waals surface area contributed by atoms with Crippen LogP contribution in [-0.2, 0) is 11.2 Å². The number of nitrogens with two attached hydrogens (primary N) is 1. The van der Waals surface area contributed by atoms with Crippen molar-refractivity contribution in [2.45, 2.75) is 32.2 Å². The quantitative estimate of drug-likeness (QED) is 0.916. The predicted octanol–water partition coefficient (Wildman–Crippen LogP) is 1.87. The summed E-state index contributed by atoms with van der Waals surface area (Å²) in [5, 5.41) is 0. The molecule has 2 fully saturated rings. The minimum Gasteiger partial charge on any atom is -0.340 e. The topological polar surface area (TPSA) is 46.3 Å². The molecule has 0 unspecified atom stereocenters. The van der Waals surface area contributed by atoms with Gasteiger partial charge < -0.3 is 10.6 Å². The van der Waals surface area contributed by atoms with E-state index in [1.54, 1.807) is 6.07 Å². The number of carbonyl (C=O) groups excluding carboxylic acids is 1. The zero-order chi connectivity index (χ0) is 14.3. The van der Waals surface area contributed by atoms with Crippen LogP contribution in [0.25, 0.3) is 0 Å². The van der Waals surface area contributed by atoms with Gasteiger partial charge in [-0.3, -0.25) is 4.79 Å². The van der Waals surface area contributed by atoms with E-state index < -0.39 is 0 Å². The standard InChI is InChI=1S/C16H21FN2O/c1-10-6-13(17)5-4-12(10)7-16(20)19-8-14(11-2-3-11)15(18)9-19/h4-6,11,14-15H,2-3,7-9,18H2,1H3/t14-,15+/m1/s1. The molecule has 20 heavy (non-hydrogen) atoms. The van der Waals surface area contributed by atoms with Crippen LogP contribution in [0.2, 0.25) is 0 Å². The van der Waals surface area contributed by atoms with Crippen molar-refractivity contribution in [1.82, 2.24) is 4.90 Å². The zero-order valence-electron chi connectivity index (χ0n) is 11.8. The molecule has 4 heteroatoms. The lowest BCUT2D eigenvalue weighted by Gasteiger charge is -2.17. The highest BCUT2D eigenvalue weighted by atomic mass is 19.1. The van der Waals surface area contributed by atoms with E-state index in [0.717, 1.165) is 23.6 Å². The predicted molar refractivity (Wildman–Crippen MR) is 75.6 cm³/mol. The number of hydrogen-bond acceptors (Lipinski definition) is 2. The normalized spacial score (nSPS) is 26.1. The molecule has 1 aliphatic heterocycles. The van der Waals surface area contributed by atoms with Gasteiger partial charge in [-0.1, -0.05) is 6.07 Å². The van der Waals surface area contributed by atoms with Crippen molar-refractivity contribution in [3.05, 3.63) is 35.1 Å². The number of nitrogens with zero attached hydrogens (tertiary/aromatic N) is 1. The molecule has 3 rings (SSSR count). The van der Waals surface area contributed by atoms with Gasteiger partial charge in [-0.25, -0.2) is 4.39 Å². The molecule has 108 valence electrons. The molecule has 0 spiro atoms. The molecule has 0 radical (unpaired) electrons. The van der Waals surface area contributed by atoms with E-state index in [-0.39, 0.29) is 17.8 Å². The smallest absolute Gasteiger partial charge is 0.227 e. The van der Waals surface area contributed by atoms with Crippen LogP contribution in [0.4, 0.5) is 4.39 Å². The van der Waals surface area contributed by atoms with Gasteiger partial charge in [0.1, 0.15) is 5.82 Å². The van der Waals surface area contributed by atoms with E-state index in [0.29, 0.717) is 18.9 Å². The molecule has 1 heterocycles. The average Bonchev–Trinajstić information content (AvgIpc) is 3.16. The fourth-order valence-corrected chi connectivity index (χ4v) is 3.21. The first kappa shape index (κ1) is 13.6. The maximum atomic E-state index is 13.1. The third-order valence-corrected chi connectivity index (χ3v) is 4.64. The summed E-state index contributed by atoms with van der Waals surface area (Å²) in [6.45, 7) is 3.31. The van der Waals surface area contributed by atoms with Gasteiger partial charge in [0.15, 0.2) is 0 Å². The Morgan fingerprint density at radius 3 is 2.80 bits per heavy atom. The van der Waals surface area contributed by atoms with Crippen molar-refractivity contribution in [2.75, 3.05) is 13.1 Å². The summed E-state index contributed by atoms with van der Waals surface area (Å²) in [4.78, 5) is 14.2. The molecule has 2 aliphatic rings. The minimum atomic E-state index is -0.254. The summed E-state index contributed by atoms with van der Waals surface area (Å²) in [5.41, 5.74) is 7.88. The maximum absolute atomic E-state index is 13.1. The Balaban J connectivity index is 1.64. The van der Waals surface area contributed by atoms with Gasteiger partial charge in [-0.2, -0.15) is 0 Å². The van der Waals surface area contributed by atoms with Crippen LogP contribution in [0.15, 0.2) is 18.2 Å². The van der Waals surface area contributed by atoms with Crippen molar-refractivity contribution in [1.29, 1.82) is 0 Å². The molecule has 1 aliphatic carbocycles. The van der Waals surface area contributed by atoms with Crippen LogP contribution in [0, 0.1) is 24.6 Å². The molecule has 1 saturated carbocycles. The first-order valence-electron chi connectivity index (χ1n) is 7.33. The fourth-order valence-electron chi connectivity index (χ4n) is 3.21. The lowest BCUT2D eigenvalue weighted by Crippen LogP contribution is -2.33. The van der Waals surface area contributed by atoms with Gasteiger partial charge in [-0.15, -0.1) is 0 Å². The Kier molecular flexibility index (Phi) is 3.50. The molecule has 0 bridgehead atoms. The number of halogens is 1. The van der Waals surface area contributed by atoms with Crippen molar-refractivity contribution in [3.63, 3.8) is 0 Å². The van der Waals surface area contributed by atoms with E-state index in [4.69, 9.17) is 5.73 Å². The summed E-state index contributed by atoms with van der Waals surface area (Å²) in [5.74, 6) is 1.07. The zero-order valence-corrected chi connectivity index (χ0v) is 11.8. The van der Waals surface area contributed by atoms with Crippen LogP contribution < -0.4 is 5.73 Å². The van der Waals surface area contributed by atoms with Crippen molar-refractivity contribution < 1.29 is 9.18 Å². The second kappa shape index (κ2) is 5.17. The Labute approximate surface area is 118 Å². The molecule has 0 aromatic heterocycles. The first-order valence-corrected chi connectivity index (χ1v) is 7.33. The number of amides is 1. The van der Waals surface area contributed by atoms with Gasteiger partial charge in [0.05, 0.1) is 6.42 Å². The highest BCUT2D eigenvalue weighted by molar-refractivity contribution is 5.79. The Bertz CT molecular complexity index is 527. The van der Waals surface area contributed by atoms with Gasteiger partial charge >= 0.3 is 0 Å². The Morgan fingerprint density at radius 1 is 1.40 bits per heavy atom. The van der Waals surface area contributed by atoms with Gasteiger partial charge in [0.2, 0.25) is 5.91 Å². The van der Waals surface area contributed by atoms with E-state index in [1.807, 2.05) is 11.8 Å². The number of hydrogen-bond donors (Lipinski definition) is 1. The highest BCUT2D eigenvalue weighted by Gasteiger charge is 2.41. The third kappa shape index (κ3) is 2.70. The Morgan fingerprint density at radius 2 is 2.15 bits per heavy atom. The summed E-state index contributed by atoms with van der Waals surface area (Å²) >= 11 is 0. The lowest BCUT2D eigenvalue weighted by molar-refractivity contribution is -0.129. The minimum absolute atomic E-state index is 0.110. The van der Waals surface area contributed by atoms with Crippen LogP contribution in [0.3, 0.4) is 0 Å². The van der Waals surface area contributed by atoms with Gasteiger partial charge in [0.25, 0.3) is 0 Å². The van der Waals surface area contributed by atoms with Crippen molar-refractivity contribution in [2.24, 2.45) is 17.6 Å². The van der Waals surface area contributed by atoms with E-state index in [2.05, 4.69) is 0 Å². The average molecular weight is 276 g/mol. The molecular formula is C16H21FN2O. The van der Waals surface area contributed by atoms with E-state index in [9.17, 15) is 9.18 Å². The number of benzene rings is 1. The number of aryl methyl sites for hydroxylation is 1. The fraction of sp³-hybridized carbons (Fsp3) is 0.562. The first-order chi connectivity index (χ1) is 9.54. The second-order valence-electron chi connectivity index (χ2n) is 6.21. The number of likely N-dealkylation sites (tertiary alicyclic amines) is 1. The van der Waals surface area contributed by atoms with Crippen LogP contribution in [0.5, 0.6) is 0 Å². The van der Waals surface area contributed by atoms with Crippen molar-refractivity contribution in [3.8, 4) is 0 Å². The van der Waals surface area contributed by atoms with Crippen LogP contribution >= 0.6 is 0 Å². The molecule has 2 N–H and O–H groups in total. The molecule has 3 nitrogen and oxygen atoms in total. The third-order valence-electron chi connectivity index (χ3n) is 4.64. The van der Waals surface area contributed by atoms with Crippen LogP contribution in [0.1, 0.15) is 24.0 Å². The van der Waals surface area contributed by atoms with E-state index >= 15 is 0 Å². The van der Waals surface area contributed by atoms with Gasteiger partial charge in [-0.05, 0) is 54.9 Å². The van der Waals surface area contributed by atoms with Crippen LogP contribution in [-0.4, -0.2) is 29.9 Å². The molecule has 1 aromatic rings. The molecular weight excluding hydrogens is 255 g/mol. The monoisotopic (exact) mass is 276 g/mol. The summed E-state index contributed by atoms with van der Waals surface area (Å²) in [7, 11) is 0. The summed E-state index contributed by atoms with van der Waals surface area (Å²) < 4.78 is 13.1. The lowest BCUT2D eigenvalue weighted by atomic mass is 9.99. The number of carbonyl (C=O) groups is 1. The van der Waals surface area contributed by atoms with Gasteiger partial charge in [0, 0.05) is 19.1 Å². The summed E-state index contributed by atoms with van der Waals surface area (Å²) in [6.07, 6.45) is 2.87. The SMILES string of the molecule is Cc1cc(F)ccc1CC(=O)N1C[C@H](C2CC2)[C@@H](N)C1. The Hall–Kier alpha value is -1.42. The summed E-state index contributed by atoms with van der Waals surface area (Å²) in [6, 6.07) is 4.72. The largest absolute Gasteiger partial charge is 0.340 e. The highest BCUT2D eigenvalue weighted by Crippen LogP contribution is 2.40. The molecule has 1 saturated heterocycles. The molecule has 1 amide bonds. The second-order valence-corrected chi connectivity index (χ2v) is 6.21. The molecule has 1 aromatic carbocycles. The maximum Gasteiger partial charge on any atom is 0.227 e.